The molecule has 0 saturated carbocycles. The third kappa shape index (κ3) is 6.03. The summed E-state index contributed by atoms with van der Waals surface area (Å²) in [5.41, 5.74) is 3.48. The fraction of sp³-hybridized carbons (Fsp3) is 0.455. The Bertz CT molecular complexity index is 731. The van der Waals surface area contributed by atoms with Gasteiger partial charge in [-0.15, -0.1) is 12.4 Å². The molecule has 0 aliphatic carbocycles. The summed E-state index contributed by atoms with van der Waals surface area (Å²) in [5, 5.41) is 10.4. The summed E-state index contributed by atoms with van der Waals surface area (Å²) in [6, 6.07) is 14.3. The van der Waals surface area contributed by atoms with Crippen LogP contribution < -0.4 is 14.4 Å². The second kappa shape index (κ2) is 10.6. The summed E-state index contributed by atoms with van der Waals surface area (Å²) in [4.78, 5) is 4.67. The van der Waals surface area contributed by atoms with Gasteiger partial charge in [0, 0.05) is 38.4 Å². The van der Waals surface area contributed by atoms with Crippen LogP contribution in [0.5, 0.6) is 11.5 Å². The Kier molecular flexibility index (Phi) is 8.42. The molecule has 1 unspecified atom stereocenters. The second-order valence-electron chi connectivity index (χ2n) is 7.22. The maximum Gasteiger partial charge on any atom is 0.122 e. The van der Waals surface area contributed by atoms with Gasteiger partial charge >= 0.3 is 0 Å². The van der Waals surface area contributed by atoms with E-state index in [0.717, 1.165) is 43.2 Å². The fourth-order valence-electron chi connectivity index (χ4n) is 3.38. The molecule has 0 aromatic heterocycles. The molecule has 1 saturated heterocycles. The Labute approximate surface area is 174 Å². The molecule has 0 radical (unpaired) electrons. The molecule has 1 heterocycles. The molecular weight excluding hydrogens is 376 g/mol. The Morgan fingerprint density at radius 2 is 1.68 bits per heavy atom. The maximum absolute atomic E-state index is 10.4. The molecule has 0 spiro atoms. The van der Waals surface area contributed by atoms with E-state index in [0.29, 0.717) is 13.2 Å². The summed E-state index contributed by atoms with van der Waals surface area (Å²) in [7, 11) is 1.68. The standard InChI is InChI=1S/C22H30N2O3.ClH/c1-17-4-5-18(2)22(14-17)27-16-20(25)15-23-10-12-24(13-11-23)19-6-8-21(26-3)9-7-19;/h4-9,14,20,25H,10-13,15-16H2,1-3H3;1H. The van der Waals surface area contributed by atoms with Gasteiger partial charge < -0.3 is 19.5 Å². The van der Waals surface area contributed by atoms with E-state index in [1.807, 2.05) is 32.0 Å². The number of β-amino-alcohol motifs (C(OH)–C–C–N with tert-alkyl or cyclic N) is 1. The molecule has 1 aliphatic heterocycles. The van der Waals surface area contributed by atoms with E-state index in [1.54, 1.807) is 7.11 Å². The van der Waals surface area contributed by atoms with Crippen molar-refractivity contribution in [2.75, 3.05) is 51.3 Å². The van der Waals surface area contributed by atoms with Crippen molar-refractivity contribution in [1.82, 2.24) is 4.90 Å². The van der Waals surface area contributed by atoms with Crippen LogP contribution in [0.15, 0.2) is 42.5 Å². The SMILES string of the molecule is COc1ccc(N2CCN(CC(O)COc3cc(C)ccc3C)CC2)cc1.Cl. The van der Waals surface area contributed by atoms with E-state index in [9.17, 15) is 5.11 Å². The zero-order valence-electron chi connectivity index (χ0n) is 16.9. The normalized spacial score (nSPS) is 15.6. The highest BCUT2D eigenvalue weighted by molar-refractivity contribution is 5.85. The minimum atomic E-state index is -0.488. The van der Waals surface area contributed by atoms with Gasteiger partial charge in [-0.25, -0.2) is 0 Å². The van der Waals surface area contributed by atoms with E-state index in [2.05, 4.69) is 34.1 Å². The summed E-state index contributed by atoms with van der Waals surface area (Å²) in [6.45, 7) is 8.82. The van der Waals surface area contributed by atoms with Crippen molar-refractivity contribution in [3.63, 3.8) is 0 Å². The van der Waals surface area contributed by atoms with Crippen LogP contribution in [0.1, 0.15) is 11.1 Å². The van der Waals surface area contributed by atoms with E-state index in [-0.39, 0.29) is 12.4 Å². The van der Waals surface area contributed by atoms with Crippen LogP contribution in [0, 0.1) is 13.8 Å². The van der Waals surface area contributed by atoms with Crippen LogP contribution in [-0.4, -0.2) is 62.6 Å². The van der Waals surface area contributed by atoms with Gasteiger partial charge in [0.15, 0.2) is 0 Å². The van der Waals surface area contributed by atoms with Crippen LogP contribution in [0.2, 0.25) is 0 Å². The number of benzene rings is 2. The van der Waals surface area contributed by atoms with E-state index in [4.69, 9.17) is 9.47 Å². The topological polar surface area (TPSA) is 45.2 Å². The summed E-state index contributed by atoms with van der Waals surface area (Å²) in [6.07, 6.45) is -0.488. The van der Waals surface area contributed by atoms with Gasteiger partial charge in [0.05, 0.1) is 7.11 Å². The lowest BCUT2D eigenvalue weighted by Gasteiger charge is -2.36. The molecule has 2 aromatic carbocycles. The third-order valence-corrected chi connectivity index (χ3v) is 5.05. The number of ether oxygens (including phenoxy) is 2. The van der Waals surface area contributed by atoms with Crippen molar-refractivity contribution in [3.05, 3.63) is 53.6 Å². The number of halogens is 1. The first-order chi connectivity index (χ1) is 13.0. The van der Waals surface area contributed by atoms with Crippen LogP contribution in [0.3, 0.4) is 0 Å². The van der Waals surface area contributed by atoms with Gasteiger partial charge in [0.2, 0.25) is 0 Å². The first kappa shape index (κ1) is 22.3. The Morgan fingerprint density at radius 3 is 2.32 bits per heavy atom. The summed E-state index contributed by atoms with van der Waals surface area (Å²) >= 11 is 0. The van der Waals surface area contributed by atoms with E-state index in [1.165, 1.54) is 11.3 Å². The Morgan fingerprint density at radius 1 is 1.00 bits per heavy atom. The summed E-state index contributed by atoms with van der Waals surface area (Å²) < 4.78 is 11.1. The van der Waals surface area contributed by atoms with Crippen LogP contribution in [0.25, 0.3) is 0 Å². The predicted molar refractivity (Wildman–Crippen MR) is 116 cm³/mol. The molecule has 5 nitrogen and oxygen atoms in total. The molecule has 0 amide bonds. The van der Waals surface area contributed by atoms with Gasteiger partial charge in [-0.1, -0.05) is 12.1 Å². The molecule has 0 bridgehead atoms. The Balaban J connectivity index is 0.00000280. The highest BCUT2D eigenvalue weighted by Gasteiger charge is 2.20. The second-order valence-corrected chi connectivity index (χ2v) is 7.22. The van der Waals surface area contributed by atoms with Crippen molar-refractivity contribution in [2.45, 2.75) is 20.0 Å². The molecule has 1 N–H and O–H groups in total. The minimum Gasteiger partial charge on any atom is -0.497 e. The predicted octanol–water partition coefficient (Wildman–Crippen LogP) is 3.30. The highest BCUT2D eigenvalue weighted by Crippen LogP contribution is 2.21. The monoisotopic (exact) mass is 406 g/mol. The Hall–Kier alpha value is -1.95. The highest BCUT2D eigenvalue weighted by atomic mass is 35.5. The number of hydrogen-bond donors (Lipinski definition) is 1. The number of piperazine rings is 1. The number of aliphatic hydroxyl groups excluding tert-OH is 1. The van der Waals surface area contributed by atoms with Gasteiger partial charge in [0.1, 0.15) is 24.2 Å². The van der Waals surface area contributed by atoms with Gasteiger partial charge in [-0.3, -0.25) is 4.90 Å². The zero-order chi connectivity index (χ0) is 19.2. The van der Waals surface area contributed by atoms with Crippen LogP contribution in [0.4, 0.5) is 5.69 Å². The fourth-order valence-corrected chi connectivity index (χ4v) is 3.38. The molecule has 28 heavy (non-hydrogen) atoms. The van der Waals surface area contributed by atoms with Crippen LogP contribution in [-0.2, 0) is 0 Å². The van der Waals surface area contributed by atoms with Crippen molar-refractivity contribution >= 4 is 18.1 Å². The molecule has 3 rings (SSSR count). The van der Waals surface area contributed by atoms with Crippen LogP contribution >= 0.6 is 12.4 Å². The van der Waals surface area contributed by atoms with Gasteiger partial charge in [-0.2, -0.15) is 0 Å². The average Bonchev–Trinajstić information content (AvgIpc) is 2.69. The number of aliphatic hydroxyl groups is 1. The average molecular weight is 407 g/mol. The van der Waals surface area contributed by atoms with Crippen molar-refractivity contribution < 1.29 is 14.6 Å². The lowest BCUT2D eigenvalue weighted by Crippen LogP contribution is -2.49. The number of anilines is 1. The largest absolute Gasteiger partial charge is 0.497 e. The molecule has 1 fully saturated rings. The minimum absolute atomic E-state index is 0. The van der Waals surface area contributed by atoms with Crippen molar-refractivity contribution in [3.8, 4) is 11.5 Å². The molecule has 6 heteroatoms. The molecule has 1 atom stereocenters. The quantitative estimate of drug-likeness (QED) is 0.764. The molecule has 1 aliphatic rings. The lowest BCUT2D eigenvalue weighted by molar-refractivity contribution is 0.0660. The number of aryl methyl sites for hydroxylation is 2. The maximum atomic E-state index is 10.4. The van der Waals surface area contributed by atoms with E-state index < -0.39 is 6.10 Å². The first-order valence-electron chi connectivity index (χ1n) is 9.54. The third-order valence-electron chi connectivity index (χ3n) is 5.05. The molecule has 2 aromatic rings. The first-order valence-corrected chi connectivity index (χ1v) is 9.54. The van der Waals surface area contributed by atoms with Crippen molar-refractivity contribution in [1.29, 1.82) is 0 Å². The number of nitrogens with zero attached hydrogens (tertiary/aromatic N) is 2. The number of hydrogen-bond acceptors (Lipinski definition) is 5. The number of methoxy groups -OCH3 is 1. The molecule has 154 valence electrons. The summed E-state index contributed by atoms with van der Waals surface area (Å²) in [5.74, 6) is 1.74. The smallest absolute Gasteiger partial charge is 0.122 e. The number of rotatable bonds is 7. The van der Waals surface area contributed by atoms with Gasteiger partial charge in [-0.05, 0) is 55.3 Å². The zero-order valence-corrected chi connectivity index (χ0v) is 17.7. The van der Waals surface area contributed by atoms with E-state index >= 15 is 0 Å². The van der Waals surface area contributed by atoms with Crippen molar-refractivity contribution in [2.24, 2.45) is 0 Å². The van der Waals surface area contributed by atoms with Gasteiger partial charge in [0.25, 0.3) is 0 Å². The molecular formula is C22H31ClN2O3. The lowest BCUT2D eigenvalue weighted by atomic mass is 10.1.